The number of aliphatic hydroxyl groups is 1. The Labute approximate surface area is 127 Å². The molecule has 0 aromatic heterocycles. The first-order valence-corrected chi connectivity index (χ1v) is 8.40. The van der Waals surface area contributed by atoms with E-state index < -0.39 is 10.0 Å². The molecule has 0 unspecified atom stereocenters. The van der Waals surface area contributed by atoms with Crippen molar-refractivity contribution >= 4 is 10.0 Å². The highest BCUT2D eigenvalue weighted by atomic mass is 32.2. The van der Waals surface area contributed by atoms with Gasteiger partial charge in [-0.25, -0.2) is 8.42 Å². The van der Waals surface area contributed by atoms with Gasteiger partial charge in [-0.05, 0) is 17.7 Å². The van der Waals surface area contributed by atoms with Gasteiger partial charge in [0, 0.05) is 25.7 Å². The van der Waals surface area contributed by atoms with Crippen LogP contribution >= 0.6 is 0 Å². The zero-order valence-corrected chi connectivity index (χ0v) is 13.4. The van der Waals surface area contributed by atoms with Crippen LogP contribution in [0.25, 0.3) is 0 Å². The van der Waals surface area contributed by atoms with E-state index in [1.165, 1.54) is 10.4 Å². The molecule has 118 valence electrons. The number of sulfonamides is 1. The van der Waals surface area contributed by atoms with Crippen molar-refractivity contribution in [2.75, 3.05) is 19.7 Å². The molecule has 0 atom stereocenters. The maximum atomic E-state index is 12.4. The molecule has 0 aliphatic rings. The van der Waals surface area contributed by atoms with Crippen LogP contribution in [-0.2, 0) is 16.6 Å². The molecule has 2 N–H and O–H groups in total. The van der Waals surface area contributed by atoms with Crippen molar-refractivity contribution in [1.29, 1.82) is 0 Å². The third-order valence-corrected chi connectivity index (χ3v) is 4.84. The van der Waals surface area contributed by atoms with Crippen molar-refractivity contribution in [3.63, 3.8) is 0 Å². The molecule has 5 nitrogen and oxygen atoms in total. The summed E-state index contributed by atoms with van der Waals surface area (Å²) in [6, 6.07) is 7.17. The third kappa shape index (κ3) is 5.24. The zero-order valence-electron chi connectivity index (χ0n) is 12.6. The largest absolute Gasteiger partial charge is 0.395 e. The van der Waals surface area contributed by atoms with Gasteiger partial charge in [-0.1, -0.05) is 32.1 Å². The highest BCUT2D eigenvalue weighted by molar-refractivity contribution is 7.89. The number of hydrogen-bond acceptors (Lipinski definition) is 4. The van der Waals surface area contributed by atoms with Crippen LogP contribution in [-0.4, -0.2) is 43.6 Å². The second-order valence-corrected chi connectivity index (χ2v) is 6.99. The fourth-order valence-corrected chi connectivity index (χ4v) is 3.22. The van der Waals surface area contributed by atoms with Crippen molar-refractivity contribution in [2.45, 2.75) is 31.3 Å². The molecule has 0 fully saturated rings. The normalized spacial score (nSPS) is 12.0. The zero-order chi connectivity index (χ0) is 15.9. The first-order valence-electron chi connectivity index (χ1n) is 6.96. The highest BCUT2D eigenvalue weighted by Crippen LogP contribution is 2.16. The molecule has 1 rings (SSSR count). The number of aliphatic hydroxyl groups excluding tert-OH is 1. The molecule has 6 heteroatoms. The maximum absolute atomic E-state index is 12.4. The summed E-state index contributed by atoms with van der Waals surface area (Å²) in [4.78, 5) is 0.228. The van der Waals surface area contributed by atoms with E-state index in [-0.39, 0.29) is 24.6 Å². The van der Waals surface area contributed by atoms with Gasteiger partial charge in [-0.15, -0.1) is 6.58 Å². The monoisotopic (exact) mass is 312 g/mol. The molecule has 0 saturated heterocycles. The van der Waals surface area contributed by atoms with Crippen LogP contribution in [0.2, 0.25) is 0 Å². The SMILES string of the molecule is C=CCN(CCO)S(=O)(=O)c1ccc(CNC(C)C)cc1. The van der Waals surface area contributed by atoms with E-state index in [1.807, 2.05) is 0 Å². The first-order chi connectivity index (χ1) is 9.91. The minimum absolute atomic E-state index is 0.0605. The van der Waals surface area contributed by atoms with Crippen LogP contribution < -0.4 is 5.32 Å². The Morgan fingerprint density at radius 1 is 1.33 bits per heavy atom. The molecule has 21 heavy (non-hydrogen) atoms. The average Bonchev–Trinajstić information content (AvgIpc) is 2.45. The summed E-state index contributed by atoms with van der Waals surface area (Å²) in [6.45, 7) is 8.38. The van der Waals surface area contributed by atoms with E-state index in [0.29, 0.717) is 12.6 Å². The summed E-state index contributed by atoms with van der Waals surface area (Å²) in [7, 11) is -3.59. The van der Waals surface area contributed by atoms with Gasteiger partial charge in [0.05, 0.1) is 11.5 Å². The molecule has 0 radical (unpaired) electrons. The molecule has 0 aliphatic heterocycles. The van der Waals surface area contributed by atoms with Crippen LogP contribution in [0.15, 0.2) is 41.8 Å². The van der Waals surface area contributed by atoms with E-state index in [2.05, 4.69) is 25.7 Å². The van der Waals surface area contributed by atoms with E-state index in [9.17, 15) is 8.42 Å². The number of benzene rings is 1. The van der Waals surface area contributed by atoms with Crippen LogP contribution in [0.1, 0.15) is 19.4 Å². The second-order valence-electron chi connectivity index (χ2n) is 5.05. The lowest BCUT2D eigenvalue weighted by Crippen LogP contribution is -2.33. The average molecular weight is 312 g/mol. The van der Waals surface area contributed by atoms with Crippen molar-refractivity contribution in [1.82, 2.24) is 9.62 Å². The number of rotatable bonds is 9. The lowest BCUT2D eigenvalue weighted by atomic mass is 10.2. The van der Waals surface area contributed by atoms with Gasteiger partial charge in [-0.2, -0.15) is 4.31 Å². The van der Waals surface area contributed by atoms with E-state index in [4.69, 9.17) is 5.11 Å². The Morgan fingerprint density at radius 3 is 2.43 bits per heavy atom. The summed E-state index contributed by atoms with van der Waals surface area (Å²) < 4.78 is 26.1. The van der Waals surface area contributed by atoms with Gasteiger partial charge in [0.2, 0.25) is 10.0 Å². The van der Waals surface area contributed by atoms with Crippen LogP contribution in [0.3, 0.4) is 0 Å². The molecular formula is C15H24N2O3S. The van der Waals surface area contributed by atoms with Crippen molar-refractivity contribution in [3.8, 4) is 0 Å². The Kier molecular flexibility index (Phi) is 7.04. The quantitative estimate of drug-likeness (QED) is 0.675. The molecule has 0 saturated carbocycles. The summed E-state index contributed by atoms with van der Waals surface area (Å²) in [5.74, 6) is 0. The standard InChI is InChI=1S/C15H24N2O3S/c1-4-9-17(10-11-18)21(19,20)15-7-5-14(6-8-15)12-16-13(2)3/h4-8,13,16,18H,1,9-12H2,2-3H3. The van der Waals surface area contributed by atoms with Crippen LogP contribution in [0.4, 0.5) is 0 Å². The molecule has 0 amide bonds. The molecular weight excluding hydrogens is 288 g/mol. The van der Waals surface area contributed by atoms with Crippen LogP contribution in [0.5, 0.6) is 0 Å². The molecule has 0 spiro atoms. The molecule has 0 aliphatic carbocycles. The Morgan fingerprint density at radius 2 is 1.95 bits per heavy atom. The number of nitrogens with zero attached hydrogens (tertiary/aromatic N) is 1. The highest BCUT2D eigenvalue weighted by Gasteiger charge is 2.22. The van der Waals surface area contributed by atoms with Gasteiger partial charge < -0.3 is 10.4 Å². The van der Waals surface area contributed by atoms with Crippen LogP contribution in [0, 0.1) is 0 Å². The Bertz CT molecular complexity index is 539. The molecule has 0 heterocycles. The van der Waals surface area contributed by atoms with E-state index >= 15 is 0 Å². The fourth-order valence-electron chi connectivity index (χ4n) is 1.82. The minimum Gasteiger partial charge on any atom is -0.395 e. The Balaban J connectivity index is 2.90. The van der Waals surface area contributed by atoms with Gasteiger partial charge in [0.15, 0.2) is 0 Å². The molecule has 1 aromatic carbocycles. The predicted molar refractivity (Wildman–Crippen MR) is 84.5 cm³/mol. The van der Waals surface area contributed by atoms with Crippen molar-refractivity contribution in [2.24, 2.45) is 0 Å². The second kappa shape index (κ2) is 8.29. The third-order valence-electron chi connectivity index (χ3n) is 2.96. The van der Waals surface area contributed by atoms with Gasteiger partial charge >= 0.3 is 0 Å². The van der Waals surface area contributed by atoms with Gasteiger partial charge in [-0.3, -0.25) is 0 Å². The van der Waals surface area contributed by atoms with Gasteiger partial charge in [0.1, 0.15) is 0 Å². The fraction of sp³-hybridized carbons (Fsp3) is 0.467. The van der Waals surface area contributed by atoms with E-state index in [0.717, 1.165) is 5.56 Å². The van der Waals surface area contributed by atoms with Crippen molar-refractivity contribution in [3.05, 3.63) is 42.5 Å². The predicted octanol–water partition coefficient (Wildman–Crippen LogP) is 1.35. The first kappa shape index (κ1) is 17.8. The minimum atomic E-state index is -3.59. The smallest absolute Gasteiger partial charge is 0.243 e. The maximum Gasteiger partial charge on any atom is 0.243 e. The number of hydrogen-bond donors (Lipinski definition) is 2. The molecule has 0 bridgehead atoms. The Hall–Kier alpha value is -1.21. The summed E-state index contributed by atoms with van der Waals surface area (Å²) in [6.07, 6.45) is 1.51. The topological polar surface area (TPSA) is 69.6 Å². The lowest BCUT2D eigenvalue weighted by Gasteiger charge is -2.19. The summed E-state index contributed by atoms with van der Waals surface area (Å²) in [5, 5.41) is 12.3. The summed E-state index contributed by atoms with van der Waals surface area (Å²) >= 11 is 0. The lowest BCUT2D eigenvalue weighted by molar-refractivity contribution is 0.260. The van der Waals surface area contributed by atoms with E-state index in [1.54, 1.807) is 24.3 Å². The van der Waals surface area contributed by atoms with Gasteiger partial charge in [0.25, 0.3) is 0 Å². The van der Waals surface area contributed by atoms with Crippen molar-refractivity contribution < 1.29 is 13.5 Å². The molecule has 1 aromatic rings. The summed E-state index contributed by atoms with van der Waals surface area (Å²) in [5.41, 5.74) is 1.03. The number of nitrogens with one attached hydrogen (secondary N) is 1.